The van der Waals surface area contributed by atoms with E-state index in [-0.39, 0.29) is 11.8 Å². The highest BCUT2D eigenvalue weighted by Gasteiger charge is 2.29. The number of likely N-dealkylation sites (N-methyl/N-ethyl adjacent to an activating group) is 1. The summed E-state index contributed by atoms with van der Waals surface area (Å²) in [6.07, 6.45) is 0.621. The first-order valence-corrected chi connectivity index (χ1v) is 11.7. The number of fused-ring (bicyclic) bond motifs is 1. The maximum absolute atomic E-state index is 12.9. The highest BCUT2D eigenvalue weighted by molar-refractivity contribution is 6.32. The van der Waals surface area contributed by atoms with Crippen molar-refractivity contribution in [2.24, 2.45) is 0 Å². The van der Waals surface area contributed by atoms with Crippen LogP contribution in [0.4, 0.5) is 17.1 Å². The fraction of sp³-hybridized carbons (Fsp3) is 0.385. The van der Waals surface area contributed by atoms with E-state index in [2.05, 4.69) is 15.5 Å². The molecule has 0 unspecified atom stereocenters. The van der Waals surface area contributed by atoms with Gasteiger partial charge >= 0.3 is 0 Å². The maximum Gasteiger partial charge on any atom is 0.258 e. The molecule has 2 aliphatic heterocycles. The summed E-state index contributed by atoms with van der Waals surface area (Å²) in [5.41, 5.74) is 4.45. The normalized spacial score (nSPS) is 16.9. The highest BCUT2D eigenvalue weighted by atomic mass is 16.5. The third-order valence-corrected chi connectivity index (χ3v) is 6.31. The van der Waals surface area contributed by atoms with E-state index >= 15 is 0 Å². The van der Waals surface area contributed by atoms with Crippen LogP contribution in [-0.4, -0.2) is 70.8 Å². The number of carbonyl (C=O) groups is 2. The van der Waals surface area contributed by atoms with Crippen molar-refractivity contribution >= 4 is 34.4 Å². The van der Waals surface area contributed by atoms with Gasteiger partial charge < -0.3 is 29.7 Å². The molecule has 1 fully saturated rings. The minimum absolute atomic E-state index is 0.0348. The van der Waals surface area contributed by atoms with E-state index in [0.717, 1.165) is 35.7 Å². The van der Waals surface area contributed by atoms with E-state index in [1.54, 1.807) is 32.2 Å². The molecule has 4 rings (SSSR count). The summed E-state index contributed by atoms with van der Waals surface area (Å²) >= 11 is 0. The quantitative estimate of drug-likeness (QED) is 0.561. The predicted octanol–water partition coefficient (Wildman–Crippen LogP) is 3.18. The molecule has 2 amide bonds. The van der Waals surface area contributed by atoms with E-state index < -0.39 is 0 Å². The maximum atomic E-state index is 12.9. The van der Waals surface area contributed by atoms with Crippen LogP contribution in [0.25, 0.3) is 5.57 Å². The van der Waals surface area contributed by atoms with Gasteiger partial charge in [0.1, 0.15) is 0 Å². The number of nitrogens with one attached hydrogen (secondary N) is 2. The molecule has 186 valence electrons. The molecule has 2 aliphatic rings. The molecule has 0 radical (unpaired) electrons. The molecule has 0 spiro atoms. The highest BCUT2D eigenvalue weighted by Crippen LogP contribution is 2.42. The number of hydrogen-bond donors (Lipinski definition) is 2. The van der Waals surface area contributed by atoms with Crippen LogP contribution >= 0.6 is 0 Å². The summed E-state index contributed by atoms with van der Waals surface area (Å²) in [4.78, 5) is 29.3. The van der Waals surface area contributed by atoms with Crippen LogP contribution in [0.3, 0.4) is 0 Å². The van der Waals surface area contributed by atoms with Crippen LogP contribution in [0.15, 0.2) is 42.1 Å². The second kappa shape index (κ2) is 10.8. The molecule has 35 heavy (non-hydrogen) atoms. The molecular weight excluding hydrogens is 448 g/mol. The van der Waals surface area contributed by atoms with Crippen molar-refractivity contribution in [3.63, 3.8) is 0 Å². The molecule has 0 bridgehead atoms. The lowest BCUT2D eigenvalue weighted by Crippen LogP contribution is -2.43. The summed E-state index contributed by atoms with van der Waals surface area (Å²) in [5, 5.41) is 6.31. The Morgan fingerprint density at radius 2 is 1.77 bits per heavy atom. The Labute approximate surface area is 205 Å². The number of carbonyl (C=O) groups excluding carboxylic acids is 2. The number of rotatable bonds is 8. The van der Waals surface area contributed by atoms with E-state index in [0.29, 0.717) is 48.9 Å². The van der Waals surface area contributed by atoms with E-state index in [9.17, 15) is 9.59 Å². The first kappa shape index (κ1) is 24.6. The molecule has 0 atom stereocenters. The number of benzene rings is 2. The zero-order valence-corrected chi connectivity index (χ0v) is 20.6. The van der Waals surface area contributed by atoms with Crippen LogP contribution in [0.1, 0.15) is 18.9 Å². The van der Waals surface area contributed by atoms with Gasteiger partial charge in [-0.15, -0.1) is 0 Å². The molecule has 9 nitrogen and oxygen atoms in total. The molecule has 2 aromatic carbocycles. The number of ether oxygens (including phenoxy) is 3. The first-order chi connectivity index (χ1) is 16.9. The second-order valence-corrected chi connectivity index (χ2v) is 8.43. The number of nitrogens with zero attached hydrogens (tertiary/aromatic N) is 2. The number of anilines is 3. The fourth-order valence-electron chi connectivity index (χ4n) is 4.27. The lowest BCUT2D eigenvalue weighted by molar-refractivity contribution is -0.120. The van der Waals surface area contributed by atoms with Crippen LogP contribution in [0.5, 0.6) is 11.5 Å². The van der Waals surface area contributed by atoms with E-state index in [1.807, 2.05) is 37.3 Å². The fourth-order valence-corrected chi connectivity index (χ4v) is 4.27. The Hall–Kier alpha value is -3.56. The van der Waals surface area contributed by atoms with Gasteiger partial charge in [-0.05, 0) is 36.8 Å². The molecule has 0 saturated carbocycles. The number of morpholine rings is 1. The number of allylic oxidation sites excluding steroid dienone is 1. The van der Waals surface area contributed by atoms with Gasteiger partial charge in [-0.3, -0.25) is 14.5 Å². The summed E-state index contributed by atoms with van der Waals surface area (Å²) < 4.78 is 16.1. The second-order valence-electron chi connectivity index (χ2n) is 8.43. The van der Waals surface area contributed by atoms with Crippen molar-refractivity contribution in [2.75, 3.05) is 69.6 Å². The summed E-state index contributed by atoms with van der Waals surface area (Å²) in [7, 11) is 4.92. The molecule has 9 heteroatoms. The largest absolute Gasteiger partial charge is 0.493 e. The van der Waals surface area contributed by atoms with Crippen molar-refractivity contribution in [1.82, 2.24) is 4.90 Å². The minimum Gasteiger partial charge on any atom is -0.493 e. The standard InChI is InChI=1S/C26H32N4O5/c1-5-20(25-19-14-22(33-3)23(34-4)15-21(19)28-26(25)32)27-17-6-8-18(9-7-17)29(2)24(31)16-30-10-12-35-13-11-30/h6-9,14-15,27H,5,10-13,16H2,1-4H3,(H,28,32). The molecule has 2 N–H and O–H groups in total. The zero-order chi connectivity index (χ0) is 24.9. The molecule has 2 heterocycles. The van der Waals surface area contributed by atoms with Crippen LogP contribution < -0.4 is 25.0 Å². The Kier molecular flexibility index (Phi) is 7.57. The van der Waals surface area contributed by atoms with Gasteiger partial charge in [0.15, 0.2) is 11.5 Å². The van der Waals surface area contributed by atoms with Crippen molar-refractivity contribution in [1.29, 1.82) is 0 Å². The molecule has 1 saturated heterocycles. The van der Waals surface area contributed by atoms with E-state index in [4.69, 9.17) is 14.2 Å². The topological polar surface area (TPSA) is 92.4 Å². The third-order valence-electron chi connectivity index (χ3n) is 6.31. The Bertz CT molecular complexity index is 1120. The molecule has 0 aromatic heterocycles. The molecule has 2 aromatic rings. The van der Waals surface area contributed by atoms with Crippen molar-refractivity contribution in [3.05, 3.63) is 47.7 Å². The van der Waals surface area contributed by atoms with Gasteiger partial charge in [-0.1, -0.05) is 6.92 Å². The van der Waals surface area contributed by atoms with Crippen molar-refractivity contribution in [2.45, 2.75) is 13.3 Å². The van der Waals surface area contributed by atoms with Crippen molar-refractivity contribution < 1.29 is 23.8 Å². The Morgan fingerprint density at radius 3 is 2.40 bits per heavy atom. The Balaban J connectivity index is 1.52. The molecular formula is C26H32N4O5. The lowest BCUT2D eigenvalue weighted by Gasteiger charge is -2.28. The number of methoxy groups -OCH3 is 2. The van der Waals surface area contributed by atoms with E-state index in [1.165, 1.54) is 0 Å². The van der Waals surface area contributed by atoms with Gasteiger partial charge in [0, 0.05) is 48.8 Å². The van der Waals surface area contributed by atoms with Gasteiger partial charge in [0.25, 0.3) is 5.91 Å². The monoisotopic (exact) mass is 480 g/mol. The summed E-state index contributed by atoms with van der Waals surface area (Å²) in [6, 6.07) is 11.2. The van der Waals surface area contributed by atoms with Gasteiger partial charge in [0.05, 0.1) is 45.2 Å². The molecule has 0 aliphatic carbocycles. The van der Waals surface area contributed by atoms with Crippen molar-refractivity contribution in [3.8, 4) is 11.5 Å². The number of hydrogen-bond acceptors (Lipinski definition) is 7. The van der Waals surface area contributed by atoms with Gasteiger partial charge in [0.2, 0.25) is 5.91 Å². The SMILES string of the molecule is CCC(Nc1ccc(N(C)C(=O)CN2CCOCC2)cc1)=C1C(=O)Nc2cc(OC)c(OC)cc21. The summed E-state index contributed by atoms with van der Waals surface area (Å²) in [5.74, 6) is 0.976. The lowest BCUT2D eigenvalue weighted by atomic mass is 10.0. The minimum atomic E-state index is -0.176. The Morgan fingerprint density at radius 1 is 1.11 bits per heavy atom. The van der Waals surface area contributed by atoms with Crippen LogP contribution in [0.2, 0.25) is 0 Å². The first-order valence-electron chi connectivity index (χ1n) is 11.7. The smallest absolute Gasteiger partial charge is 0.258 e. The zero-order valence-electron chi connectivity index (χ0n) is 20.6. The predicted molar refractivity (Wildman–Crippen MR) is 136 cm³/mol. The summed E-state index contributed by atoms with van der Waals surface area (Å²) in [6.45, 7) is 5.23. The third kappa shape index (κ3) is 5.26. The average molecular weight is 481 g/mol. The van der Waals surface area contributed by atoms with Crippen LogP contribution in [-0.2, 0) is 14.3 Å². The number of amides is 2. The van der Waals surface area contributed by atoms with Gasteiger partial charge in [-0.2, -0.15) is 0 Å². The van der Waals surface area contributed by atoms with Gasteiger partial charge in [-0.25, -0.2) is 0 Å². The van der Waals surface area contributed by atoms with Crippen LogP contribution in [0, 0.1) is 0 Å². The average Bonchev–Trinajstić information content (AvgIpc) is 3.21.